The zero-order chi connectivity index (χ0) is 13.9. The number of carbonyl (C=O) groups excluding carboxylic acids is 1. The van der Waals surface area contributed by atoms with Crippen LogP contribution in [0, 0.1) is 11.8 Å². The Hall–Kier alpha value is -1.15. The van der Waals surface area contributed by atoms with E-state index < -0.39 is 0 Å². The summed E-state index contributed by atoms with van der Waals surface area (Å²) in [5.41, 5.74) is 2.85. The van der Waals surface area contributed by atoms with Crippen LogP contribution in [-0.2, 0) is 11.2 Å². The lowest BCUT2D eigenvalue weighted by Gasteiger charge is -2.31. The molecule has 20 heavy (non-hydrogen) atoms. The Labute approximate surface area is 122 Å². The molecule has 0 spiro atoms. The van der Waals surface area contributed by atoms with Crippen molar-refractivity contribution in [3.63, 3.8) is 0 Å². The third kappa shape index (κ3) is 2.95. The lowest BCUT2D eigenvalue weighted by atomic mass is 9.74. The molecule has 1 aliphatic carbocycles. The molecule has 3 unspecified atom stereocenters. The minimum absolute atomic E-state index is 0.461. The zero-order valence-corrected chi connectivity index (χ0v) is 12.4. The minimum Gasteiger partial charge on any atom is -0.316 e. The van der Waals surface area contributed by atoms with Crippen molar-refractivity contribution in [2.75, 3.05) is 13.1 Å². The van der Waals surface area contributed by atoms with E-state index in [1.807, 2.05) is 0 Å². The van der Waals surface area contributed by atoms with Crippen molar-refractivity contribution in [2.45, 2.75) is 44.9 Å². The molecular formula is C18H25NO. The van der Waals surface area contributed by atoms with Crippen LogP contribution in [0.3, 0.4) is 0 Å². The molecule has 1 fully saturated rings. The van der Waals surface area contributed by atoms with Crippen molar-refractivity contribution in [2.24, 2.45) is 11.8 Å². The Morgan fingerprint density at radius 3 is 3.00 bits per heavy atom. The SMILES string of the molecule is CC(CC(=O)CC1Cc2ccccc21)C1CCCNC1. The maximum absolute atomic E-state index is 12.3. The van der Waals surface area contributed by atoms with Crippen LogP contribution in [0.1, 0.15) is 49.7 Å². The van der Waals surface area contributed by atoms with Gasteiger partial charge < -0.3 is 5.32 Å². The van der Waals surface area contributed by atoms with E-state index in [0.717, 1.165) is 32.4 Å². The van der Waals surface area contributed by atoms with Gasteiger partial charge in [0.2, 0.25) is 0 Å². The number of rotatable bonds is 5. The van der Waals surface area contributed by atoms with E-state index in [4.69, 9.17) is 0 Å². The van der Waals surface area contributed by atoms with Crippen molar-refractivity contribution in [1.29, 1.82) is 0 Å². The van der Waals surface area contributed by atoms with Crippen molar-refractivity contribution in [3.8, 4) is 0 Å². The summed E-state index contributed by atoms with van der Waals surface area (Å²) in [5.74, 6) is 2.19. The number of Topliss-reactive ketones (excluding diaryl/α,β-unsaturated/α-hetero) is 1. The van der Waals surface area contributed by atoms with Gasteiger partial charge in [0.25, 0.3) is 0 Å². The number of carbonyl (C=O) groups is 1. The molecule has 1 aliphatic heterocycles. The number of hydrogen-bond donors (Lipinski definition) is 1. The number of ketones is 1. The van der Waals surface area contributed by atoms with Crippen LogP contribution in [0.2, 0.25) is 0 Å². The molecular weight excluding hydrogens is 246 g/mol. The van der Waals surface area contributed by atoms with E-state index in [2.05, 4.69) is 36.5 Å². The molecule has 1 aromatic rings. The third-order valence-corrected chi connectivity index (χ3v) is 5.12. The number of benzene rings is 1. The fourth-order valence-corrected chi connectivity index (χ4v) is 3.79. The first-order chi connectivity index (χ1) is 9.74. The lowest BCUT2D eigenvalue weighted by Crippen LogP contribution is -2.34. The first-order valence-corrected chi connectivity index (χ1v) is 8.04. The van der Waals surface area contributed by atoms with E-state index in [0.29, 0.717) is 23.5 Å². The van der Waals surface area contributed by atoms with Gasteiger partial charge in [-0.2, -0.15) is 0 Å². The molecule has 0 saturated carbocycles. The zero-order valence-electron chi connectivity index (χ0n) is 12.4. The van der Waals surface area contributed by atoms with E-state index in [9.17, 15) is 4.79 Å². The van der Waals surface area contributed by atoms with Gasteiger partial charge in [0.1, 0.15) is 5.78 Å². The topological polar surface area (TPSA) is 29.1 Å². The molecule has 3 atom stereocenters. The van der Waals surface area contributed by atoms with Crippen molar-refractivity contribution in [1.82, 2.24) is 5.32 Å². The molecule has 1 aromatic carbocycles. The van der Waals surface area contributed by atoms with Gasteiger partial charge in [-0.05, 0) is 61.2 Å². The summed E-state index contributed by atoms with van der Waals surface area (Å²) in [6.07, 6.45) is 5.17. The summed E-state index contributed by atoms with van der Waals surface area (Å²) in [6, 6.07) is 8.55. The van der Waals surface area contributed by atoms with Crippen molar-refractivity contribution >= 4 is 5.78 Å². The van der Waals surface area contributed by atoms with Gasteiger partial charge in [-0.1, -0.05) is 31.2 Å². The highest BCUT2D eigenvalue weighted by molar-refractivity contribution is 5.80. The second kappa shape index (κ2) is 6.09. The largest absolute Gasteiger partial charge is 0.316 e. The van der Waals surface area contributed by atoms with Gasteiger partial charge in [-0.15, -0.1) is 0 Å². The van der Waals surface area contributed by atoms with Crippen LogP contribution in [0.25, 0.3) is 0 Å². The molecule has 2 nitrogen and oxygen atoms in total. The smallest absolute Gasteiger partial charge is 0.133 e. The minimum atomic E-state index is 0.461. The van der Waals surface area contributed by atoms with E-state index >= 15 is 0 Å². The highest BCUT2D eigenvalue weighted by atomic mass is 16.1. The Morgan fingerprint density at radius 1 is 1.40 bits per heavy atom. The van der Waals surface area contributed by atoms with E-state index in [-0.39, 0.29) is 0 Å². The summed E-state index contributed by atoms with van der Waals surface area (Å²) in [4.78, 5) is 12.3. The molecule has 0 radical (unpaired) electrons. The summed E-state index contributed by atoms with van der Waals surface area (Å²) in [6.45, 7) is 4.50. The normalized spacial score (nSPS) is 26.4. The Bertz CT molecular complexity index is 476. The van der Waals surface area contributed by atoms with Crippen LogP contribution in [-0.4, -0.2) is 18.9 Å². The number of hydrogen-bond acceptors (Lipinski definition) is 2. The van der Waals surface area contributed by atoms with Gasteiger partial charge in [-0.3, -0.25) is 4.79 Å². The molecule has 108 valence electrons. The highest BCUT2D eigenvalue weighted by Crippen LogP contribution is 2.38. The van der Waals surface area contributed by atoms with Crippen LogP contribution < -0.4 is 5.32 Å². The number of fused-ring (bicyclic) bond motifs is 1. The number of nitrogens with one attached hydrogen (secondary N) is 1. The van der Waals surface area contributed by atoms with E-state index in [1.54, 1.807) is 0 Å². The van der Waals surface area contributed by atoms with Gasteiger partial charge in [0.05, 0.1) is 0 Å². The summed E-state index contributed by atoms with van der Waals surface area (Å²) in [5, 5.41) is 3.45. The van der Waals surface area contributed by atoms with Gasteiger partial charge in [-0.25, -0.2) is 0 Å². The summed E-state index contributed by atoms with van der Waals surface area (Å²) >= 11 is 0. The first kappa shape index (κ1) is 13.8. The fourth-order valence-electron chi connectivity index (χ4n) is 3.79. The second-order valence-corrected chi connectivity index (χ2v) is 6.63. The summed E-state index contributed by atoms with van der Waals surface area (Å²) < 4.78 is 0. The maximum Gasteiger partial charge on any atom is 0.133 e. The molecule has 0 amide bonds. The summed E-state index contributed by atoms with van der Waals surface area (Å²) in [7, 11) is 0. The Morgan fingerprint density at radius 2 is 2.25 bits per heavy atom. The predicted molar refractivity (Wildman–Crippen MR) is 81.9 cm³/mol. The van der Waals surface area contributed by atoms with Crippen molar-refractivity contribution in [3.05, 3.63) is 35.4 Å². The van der Waals surface area contributed by atoms with Gasteiger partial charge in [0.15, 0.2) is 0 Å². The standard InChI is InChI=1S/C18H25NO/c1-13(15-6-4-8-19-12-15)9-17(20)11-16-10-14-5-2-3-7-18(14)16/h2-3,5,7,13,15-16,19H,4,6,8-12H2,1H3. The highest BCUT2D eigenvalue weighted by Gasteiger charge is 2.29. The maximum atomic E-state index is 12.3. The molecule has 1 heterocycles. The van der Waals surface area contributed by atoms with Crippen LogP contribution >= 0.6 is 0 Å². The predicted octanol–water partition coefficient (Wildman–Crippen LogP) is 3.31. The van der Waals surface area contributed by atoms with Crippen LogP contribution in [0.4, 0.5) is 0 Å². The van der Waals surface area contributed by atoms with E-state index in [1.165, 1.54) is 24.0 Å². The van der Waals surface area contributed by atoms with Crippen LogP contribution in [0.15, 0.2) is 24.3 Å². The van der Waals surface area contributed by atoms with Crippen molar-refractivity contribution < 1.29 is 4.79 Å². The second-order valence-electron chi connectivity index (χ2n) is 6.63. The van der Waals surface area contributed by atoms with Gasteiger partial charge >= 0.3 is 0 Å². The molecule has 0 bridgehead atoms. The lowest BCUT2D eigenvalue weighted by molar-refractivity contribution is -0.120. The quantitative estimate of drug-likeness (QED) is 0.890. The first-order valence-electron chi connectivity index (χ1n) is 8.04. The van der Waals surface area contributed by atoms with Crippen LogP contribution in [0.5, 0.6) is 0 Å². The average molecular weight is 271 g/mol. The number of piperidine rings is 1. The Balaban J connectivity index is 1.48. The molecule has 0 aromatic heterocycles. The van der Waals surface area contributed by atoms with Gasteiger partial charge in [0, 0.05) is 12.8 Å². The molecule has 2 heteroatoms. The average Bonchev–Trinajstić information content (AvgIpc) is 2.46. The molecule has 3 rings (SSSR count). The molecule has 2 aliphatic rings. The Kier molecular flexibility index (Phi) is 4.21. The fraction of sp³-hybridized carbons (Fsp3) is 0.611. The molecule has 1 N–H and O–H groups in total. The third-order valence-electron chi connectivity index (χ3n) is 5.12. The monoisotopic (exact) mass is 271 g/mol. The molecule has 1 saturated heterocycles.